The third-order valence-corrected chi connectivity index (χ3v) is 8.76. The fourth-order valence-electron chi connectivity index (χ4n) is 5.03. The molecule has 5 aromatic rings. The number of nitrogens with one attached hydrogen (secondary N) is 1. The van der Waals surface area contributed by atoms with Crippen LogP contribution in [0.1, 0.15) is 65.4 Å². The first-order valence-corrected chi connectivity index (χ1v) is 14.9. The minimum absolute atomic E-state index is 0.0208. The summed E-state index contributed by atoms with van der Waals surface area (Å²) in [5, 5.41) is 3.59. The lowest BCUT2D eigenvalue weighted by molar-refractivity contribution is 0.141. The van der Waals surface area contributed by atoms with Gasteiger partial charge in [0.05, 0.1) is 22.5 Å². The zero-order valence-electron chi connectivity index (χ0n) is 23.4. The average molecular weight is 594 g/mol. The number of hydrogen-bond donors (Lipinski definition) is 1. The van der Waals surface area contributed by atoms with Crippen molar-refractivity contribution in [3.63, 3.8) is 0 Å². The molecule has 2 aromatic carbocycles. The van der Waals surface area contributed by atoms with Gasteiger partial charge in [-0.2, -0.15) is 9.78 Å². The maximum Gasteiger partial charge on any atom is 0.349 e. The van der Waals surface area contributed by atoms with E-state index in [1.807, 2.05) is 38.7 Å². The molecule has 0 saturated heterocycles. The van der Waals surface area contributed by atoms with E-state index in [0.717, 1.165) is 26.9 Å². The van der Waals surface area contributed by atoms with Crippen LogP contribution < -0.4 is 11.2 Å². The second-order valence-electron chi connectivity index (χ2n) is 10.5. The van der Waals surface area contributed by atoms with Crippen molar-refractivity contribution >= 4 is 21.1 Å². The van der Waals surface area contributed by atoms with Crippen molar-refractivity contribution in [3.05, 3.63) is 121 Å². The highest BCUT2D eigenvalue weighted by atomic mass is 32.2. The zero-order valence-corrected chi connectivity index (χ0v) is 24.2. The van der Waals surface area contributed by atoms with Gasteiger partial charge in [0.15, 0.2) is 5.69 Å². The Morgan fingerprint density at radius 2 is 1.64 bits per heavy atom. The lowest BCUT2D eigenvalue weighted by atomic mass is 9.97. The first kappa shape index (κ1) is 29.1. The summed E-state index contributed by atoms with van der Waals surface area (Å²) in [5.74, 6) is -0.124. The van der Waals surface area contributed by atoms with Crippen molar-refractivity contribution < 1.29 is 17.2 Å². The van der Waals surface area contributed by atoms with Crippen molar-refractivity contribution in [1.82, 2.24) is 23.7 Å². The Morgan fingerprint density at radius 3 is 2.26 bits per heavy atom. The fourth-order valence-corrected chi connectivity index (χ4v) is 6.50. The van der Waals surface area contributed by atoms with Gasteiger partial charge in [-0.3, -0.25) is 14.8 Å². The molecule has 0 radical (unpaired) electrons. The molecule has 1 N–H and O–H groups in total. The summed E-state index contributed by atoms with van der Waals surface area (Å²) in [6.45, 7) is 7.61. The summed E-state index contributed by atoms with van der Waals surface area (Å²) in [4.78, 5) is 30.8. The highest BCUT2D eigenvalue weighted by Gasteiger charge is 2.23. The highest BCUT2D eigenvalue weighted by Crippen LogP contribution is 2.30. The predicted molar refractivity (Wildman–Crippen MR) is 156 cm³/mol. The van der Waals surface area contributed by atoms with E-state index in [9.17, 15) is 26.8 Å². The number of hydrogen-bond acceptors (Lipinski definition) is 6. The van der Waals surface area contributed by atoms with Crippen LogP contribution in [0.3, 0.4) is 0 Å². The monoisotopic (exact) mass is 593 g/mol. The first-order chi connectivity index (χ1) is 19.9. The number of alkyl halides is 2. The number of benzene rings is 2. The molecule has 3 heterocycles. The third-order valence-electron chi connectivity index (χ3n) is 7.16. The number of halogens is 2. The molecular formula is C30H29F2N5O4S. The average Bonchev–Trinajstić information content (AvgIpc) is 3.31. The molecule has 0 aliphatic rings. The number of aromatic nitrogens is 5. The molecule has 0 bridgehead atoms. The normalized spacial score (nSPS) is 12.1. The van der Waals surface area contributed by atoms with Gasteiger partial charge in [-0.25, -0.2) is 26.0 Å². The van der Waals surface area contributed by atoms with Gasteiger partial charge in [0.1, 0.15) is 0 Å². The molecule has 218 valence electrons. The maximum absolute atomic E-state index is 13.4. The number of rotatable bonds is 8. The molecule has 5 rings (SSSR count). The summed E-state index contributed by atoms with van der Waals surface area (Å²) >= 11 is 0. The van der Waals surface area contributed by atoms with Crippen LogP contribution >= 0.6 is 0 Å². The molecule has 9 nitrogen and oxygen atoms in total. The van der Waals surface area contributed by atoms with E-state index in [2.05, 4.69) is 5.10 Å². The van der Waals surface area contributed by atoms with Gasteiger partial charge >= 0.3 is 5.69 Å². The molecule has 12 heteroatoms. The Kier molecular flexibility index (Phi) is 7.67. The number of aromatic amines is 1. The SMILES string of the molecule is Cc1cc(-n2nc(C(F)F)c(=O)[nH]c2=O)cc(C)c1Cc1ccc2c(n1)c(C(C)C)cn2S(=O)(=O)Cc1ccccc1. The van der Waals surface area contributed by atoms with Crippen LogP contribution in [-0.2, 0) is 22.2 Å². The van der Waals surface area contributed by atoms with Crippen molar-refractivity contribution in [2.75, 3.05) is 0 Å². The second-order valence-corrected chi connectivity index (χ2v) is 12.4. The largest absolute Gasteiger partial charge is 0.349 e. The number of fused-ring (bicyclic) bond motifs is 1. The first-order valence-electron chi connectivity index (χ1n) is 13.3. The van der Waals surface area contributed by atoms with E-state index in [1.165, 1.54) is 3.97 Å². The minimum atomic E-state index is -3.71. The van der Waals surface area contributed by atoms with Gasteiger partial charge in [0.25, 0.3) is 12.0 Å². The van der Waals surface area contributed by atoms with Crippen LogP contribution in [-0.4, -0.2) is 32.1 Å². The summed E-state index contributed by atoms with van der Waals surface area (Å²) in [6.07, 6.45) is -1.08. The van der Waals surface area contributed by atoms with Gasteiger partial charge in [-0.05, 0) is 71.8 Å². The zero-order chi connectivity index (χ0) is 30.3. The van der Waals surface area contributed by atoms with Crippen LogP contribution in [0.15, 0.2) is 70.4 Å². The number of aryl methyl sites for hydroxylation is 2. The Morgan fingerprint density at radius 1 is 0.976 bits per heavy atom. The Labute approximate surface area is 240 Å². The van der Waals surface area contributed by atoms with Gasteiger partial charge in [0, 0.05) is 18.3 Å². The highest BCUT2D eigenvalue weighted by molar-refractivity contribution is 7.89. The standard InChI is InChI=1S/C30H29F2N5O4S/c1-17(2)24-15-36(42(40,41)16-20-8-6-5-7-9-20)25-11-10-21(33-26(24)25)14-23-18(3)12-22(13-19(23)4)37-30(39)34-29(38)27(35-37)28(31)32/h5-13,15,17,28H,14,16H2,1-4H3,(H,34,38,39). The van der Waals surface area contributed by atoms with Crippen molar-refractivity contribution in [2.45, 2.75) is 52.2 Å². The lowest BCUT2D eigenvalue weighted by Crippen LogP contribution is -2.34. The smallest absolute Gasteiger partial charge is 0.271 e. The van der Waals surface area contributed by atoms with Crippen molar-refractivity contribution in [3.8, 4) is 5.69 Å². The summed E-state index contributed by atoms with van der Waals surface area (Å²) in [7, 11) is -3.71. The van der Waals surface area contributed by atoms with Crippen molar-refractivity contribution in [1.29, 1.82) is 0 Å². The quantitative estimate of drug-likeness (QED) is 0.273. The van der Waals surface area contributed by atoms with E-state index in [0.29, 0.717) is 28.7 Å². The molecule has 0 spiro atoms. The van der Waals surface area contributed by atoms with Crippen LogP contribution in [0.4, 0.5) is 8.78 Å². The van der Waals surface area contributed by atoms with E-state index >= 15 is 0 Å². The molecule has 3 aromatic heterocycles. The molecular weight excluding hydrogens is 564 g/mol. The molecule has 0 aliphatic heterocycles. The minimum Gasteiger partial charge on any atom is -0.271 e. The number of nitrogens with zero attached hydrogens (tertiary/aromatic N) is 4. The number of H-pyrrole nitrogens is 1. The third kappa shape index (κ3) is 5.54. The Balaban J connectivity index is 1.52. The van der Waals surface area contributed by atoms with Gasteiger partial charge in [-0.1, -0.05) is 44.2 Å². The number of pyridine rings is 1. The molecule has 0 atom stereocenters. The summed E-state index contributed by atoms with van der Waals surface area (Å²) in [5.41, 5.74) is 2.80. The molecule has 0 aliphatic carbocycles. The van der Waals surface area contributed by atoms with E-state index in [-0.39, 0.29) is 17.4 Å². The molecule has 42 heavy (non-hydrogen) atoms. The van der Waals surface area contributed by atoms with Crippen LogP contribution in [0.5, 0.6) is 0 Å². The Bertz CT molecular complexity index is 2010. The molecule has 0 amide bonds. The van der Waals surface area contributed by atoms with Gasteiger partial charge in [0.2, 0.25) is 10.0 Å². The second kappa shape index (κ2) is 11.1. The molecule has 0 fully saturated rings. The summed E-state index contributed by atoms with van der Waals surface area (Å²) < 4.78 is 55.4. The van der Waals surface area contributed by atoms with Gasteiger partial charge in [-0.15, -0.1) is 0 Å². The molecule has 0 saturated carbocycles. The van der Waals surface area contributed by atoms with Crippen LogP contribution in [0, 0.1) is 13.8 Å². The van der Waals surface area contributed by atoms with E-state index < -0.39 is 33.4 Å². The Hall–Kier alpha value is -4.45. The topological polar surface area (TPSA) is 120 Å². The predicted octanol–water partition coefficient (Wildman–Crippen LogP) is 4.92. The van der Waals surface area contributed by atoms with Crippen LogP contribution in [0.25, 0.3) is 16.7 Å². The van der Waals surface area contributed by atoms with E-state index in [4.69, 9.17) is 4.98 Å². The van der Waals surface area contributed by atoms with Gasteiger partial charge < -0.3 is 0 Å². The van der Waals surface area contributed by atoms with Crippen molar-refractivity contribution in [2.24, 2.45) is 0 Å². The molecule has 0 unspecified atom stereocenters. The lowest BCUT2D eigenvalue weighted by Gasteiger charge is -2.14. The fraction of sp³-hybridized carbons (Fsp3) is 0.267. The summed E-state index contributed by atoms with van der Waals surface area (Å²) in [6, 6.07) is 15.8. The maximum atomic E-state index is 13.4. The van der Waals surface area contributed by atoms with Crippen LogP contribution in [0.2, 0.25) is 0 Å². The van der Waals surface area contributed by atoms with E-state index in [1.54, 1.807) is 54.7 Å².